The predicted molar refractivity (Wildman–Crippen MR) is 57.1 cm³/mol. The molecule has 0 aromatic carbocycles. The molecule has 16 heavy (non-hydrogen) atoms. The van der Waals surface area contributed by atoms with Crippen molar-refractivity contribution in [2.45, 2.75) is 12.5 Å². The summed E-state index contributed by atoms with van der Waals surface area (Å²) < 4.78 is 1.52. The summed E-state index contributed by atoms with van der Waals surface area (Å²) in [6.45, 7) is 0.128. The molecular formula is C11H12N2O3. The Hall–Kier alpha value is -1.62. The van der Waals surface area contributed by atoms with Crippen LogP contribution in [0.2, 0.25) is 0 Å². The van der Waals surface area contributed by atoms with Gasteiger partial charge in [-0.3, -0.25) is 14.3 Å². The van der Waals surface area contributed by atoms with Crippen molar-refractivity contribution in [1.29, 1.82) is 0 Å². The first-order valence-electron chi connectivity index (χ1n) is 5.28. The summed E-state index contributed by atoms with van der Waals surface area (Å²) in [5, 5.41) is 9.25. The number of allylic oxidation sites excluding steroid dienone is 1. The monoisotopic (exact) mass is 220 g/mol. The van der Waals surface area contributed by atoms with Crippen molar-refractivity contribution in [3.63, 3.8) is 0 Å². The number of rotatable bonds is 2. The number of aromatic amines is 1. The molecule has 2 aliphatic rings. The highest BCUT2D eigenvalue weighted by Gasteiger charge is 2.58. The van der Waals surface area contributed by atoms with Crippen molar-refractivity contribution in [3.05, 3.63) is 45.3 Å². The van der Waals surface area contributed by atoms with Gasteiger partial charge in [-0.05, 0) is 12.3 Å². The molecule has 2 aliphatic carbocycles. The number of hydrogen-bond acceptors (Lipinski definition) is 3. The van der Waals surface area contributed by atoms with Crippen LogP contribution in [0.5, 0.6) is 0 Å². The molecule has 0 saturated heterocycles. The fourth-order valence-electron chi connectivity index (χ4n) is 2.61. The van der Waals surface area contributed by atoms with Crippen molar-refractivity contribution < 1.29 is 5.11 Å². The summed E-state index contributed by atoms with van der Waals surface area (Å²) in [7, 11) is 0. The Labute approximate surface area is 91.1 Å². The van der Waals surface area contributed by atoms with E-state index in [2.05, 4.69) is 4.98 Å². The number of aliphatic hydroxyl groups excluding tert-OH is 1. The predicted octanol–water partition coefficient (Wildman–Crippen LogP) is -0.354. The average Bonchev–Trinajstić information content (AvgIpc) is 2.88. The number of H-pyrrole nitrogens is 1. The van der Waals surface area contributed by atoms with Gasteiger partial charge in [0.05, 0.1) is 12.6 Å². The third kappa shape index (κ3) is 1.15. The molecule has 0 aliphatic heterocycles. The molecule has 1 saturated carbocycles. The Bertz CT molecular complexity index is 571. The Balaban J connectivity index is 1.99. The summed E-state index contributed by atoms with van der Waals surface area (Å²) in [4.78, 5) is 24.8. The van der Waals surface area contributed by atoms with Crippen LogP contribution in [-0.2, 0) is 0 Å². The van der Waals surface area contributed by atoms with Gasteiger partial charge in [0.25, 0.3) is 5.56 Å². The lowest BCUT2D eigenvalue weighted by atomic mass is 10.1. The first-order valence-corrected chi connectivity index (χ1v) is 5.28. The van der Waals surface area contributed by atoms with Crippen molar-refractivity contribution in [2.24, 2.45) is 11.3 Å². The maximum Gasteiger partial charge on any atom is 0.328 e. The van der Waals surface area contributed by atoms with Gasteiger partial charge in [-0.15, -0.1) is 0 Å². The first-order chi connectivity index (χ1) is 7.66. The molecule has 0 unspecified atom stereocenters. The smallest absolute Gasteiger partial charge is 0.328 e. The van der Waals surface area contributed by atoms with Crippen molar-refractivity contribution in [3.8, 4) is 0 Å². The number of aliphatic hydroxyl groups is 1. The zero-order chi connectivity index (χ0) is 11.3. The highest BCUT2D eigenvalue weighted by Crippen LogP contribution is 2.63. The van der Waals surface area contributed by atoms with Crippen molar-refractivity contribution >= 4 is 0 Å². The lowest BCUT2D eigenvalue weighted by Crippen LogP contribution is -2.31. The Morgan fingerprint density at radius 3 is 2.94 bits per heavy atom. The third-order valence-electron chi connectivity index (χ3n) is 3.68. The van der Waals surface area contributed by atoms with E-state index in [9.17, 15) is 14.7 Å². The van der Waals surface area contributed by atoms with Gasteiger partial charge in [-0.25, -0.2) is 4.79 Å². The van der Waals surface area contributed by atoms with Crippen LogP contribution >= 0.6 is 0 Å². The molecule has 0 spiro atoms. The fourth-order valence-corrected chi connectivity index (χ4v) is 2.61. The summed E-state index contributed by atoms with van der Waals surface area (Å²) in [5.74, 6) is 0.293. The molecule has 5 nitrogen and oxygen atoms in total. The Morgan fingerprint density at radius 2 is 2.38 bits per heavy atom. The molecule has 1 fully saturated rings. The van der Waals surface area contributed by atoms with Gasteiger partial charge in [0.1, 0.15) is 0 Å². The number of fused-ring (bicyclic) bond motifs is 1. The minimum absolute atomic E-state index is 0.0310. The van der Waals surface area contributed by atoms with Crippen molar-refractivity contribution in [1.82, 2.24) is 9.55 Å². The maximum absolute atomic E-state index is 11.6. The maximum atomic E-state index is 11.6. The Kier molecular flexibility index (Phi) is 1.77. The second-order valence-corrected chi connectivity index (χ2v) is 4.57. The van der Waals surface area contributed by atoms with E-state index < -0.39 is 0 Å². The van der Waals surface area contributed by atoms with E-state index in [0.717, 1.165) is 6.42 Å². The van der Waals surface area contributed by atoms with Crippen LogP contribution in [0.1, 0.15) is 12.5 Å². The summed E-state index contributed by atoms with van der Waals surface area (Å²) in [5.41, 5.74) is -0.879. The van der Waals surface area contributed by atoms with Gasteiger partial charge < -0.3 is 5.11 Å². The highest BCUT2D eigenvalue weighted by molar-refractivity contribution is 5.27. The van der Waals surface area contributed by atoms with Gasteiger partial charge in [0.2, 0.25) is 0 Å². The van der Waals surface area contributed by atoms with Crippen LogP contribution in [0.3, 0.4) is 0 Å². The summed E-state index contributed by atoms with van der Waals surface area (Å²) in [6.07, 6.45) is 6.35. The second-order valence-electron chi connectivity index (χ2n) is 4.57. The molecule has 2 N–H and O–H groups in total. The quantitative estimate of drug-likeness (QED) is 0.669. The standard InChI is InChI=1S/C11H12N2O3/c14-6-11-3-1-8(7(11)5-11)13-4-2-9(15)12-10(13)16/h1-4,7-8,14H,5-6H2,(H,12,15,16)/t7-,8+,11-/m1/s1. The minimum atomic E-state index is -0.386. The topological polar surface area (TPSA) is 75.1 Å². The number of hydrogen-bond donors (Lipinski definition) is 2. The number of nitrogens with zero attached hydrogens (tertiary/aromatic N) is 1. The molecule has 1 heterocycles. The molecule has 0 radical (unpaired) electrons. The largest absolute Gasteiger partial charge is 0.395 e. The van der Waals surface area contributed by atoms with E-state index >= 15 is 0 Å². The number of aromatic nitrogens is 2. The summed E-state index contributed by atoms with van der Waals surface area (Å²) in [6, 6.07) is 1.31. The van der Waals surface area contributed by atoms with Gasteiger partial charge >= 0.3 is 5.69 Å². The van der Waals surface area contributed by atoms with Crippen LogP contribution in [0, 0.1) is 11.3 Å². The molecule has 0 bridgehead atoms. The molecule has 3 atom stereocenters. The molecule has 0 amide bonds. The van der Waals surface area contributed by atoms with E-state index in [1.54, 1.807) is 0 Å². The molecule has 5 heteroatoms. The molecule has 1 aromatic heterocycles. The van der Waals surface area contributed by atoms with Crippen LogP contribution in [0.25, 0.3) is 0 Å². The molecule has 84 valence electrons. The van der Waals surface area contributed by atoms with Crippen LogP contribution in [-0.4, -0.2) is 21.3 Å². The van der Waals surface area contributed by atoms with E-state index in [0.29, 0.717) is 5.92 Å². The molecule has 1 aromatic rings. The van der Waals surface area contributed by atoms with Crippen LogP contribution < -0.4 is 11.2 Å². The van der Waals surface area contributed by atoms with Gasteiger partial charge in [-0.2, -0.15) is 0 Å². The molecule has 3 rings (SSSR count). The first kappa shape index (κ1) is 9.59. The number of nitrogens with one attached hydrogen (secondary N) is 1. The molecular weight excluding hydrogens is 208 g/mol. The van der Waals surface area contributed by atoms with Gasteiger partial charge in [0, 0.05) is 17.7 Å². The van der Waals surface area contributed by atoms with Gasteiger partial charge in [-0.1, -0.05) is 12.2 Å². The third-order valence-corrected chi connectivity index (χ3v) is 3.68. The minimum Gasteiger partial charge on any atom is -0.395 e. The highest BCUT2D eigenvalue weighted by atomic mass is 16.3. The van der Waals surface area contributed by atoms with E-state index in [1.807, 2.05) is 12.2 Å². The van der Waals surface area contributed by atoms with E-state index in [1.165, 1.54) is 16.8 Å². The zero-order valence-corrected chi connectivity index (χ0v) is 8.59. The lowest BCUT2D eigenvalue weighted by Gasteiger charge is -2.12. The van der Waals surface area contributed by atoms with E-state index in [-0.39, 0.29) is 29.3 Å². The van der Waals surface area contributed by atoms with Crippen LogP contribution in [0.15, 0.2) is 34.0 Å². The van der Waals surface area contributed by atoms with Gasteiger partial charge in [0.15, 0.2) is 0 Å². The lowest BCUT2D eigenvalue weighted by molar-refractivity contribution is 0.230. The normalized spacial score (nSPS) is 35.1. The summed E-state index contributed by atoms with van der Waals surface area (Å²) >= 11 is 0. The zero-order valence-electron chi connectivity index (χ0n) is 8.59. The van der Waals surface area contributed by atoms with Crippen molar-refractivity contribution in [2.75, 3.05) is 6.61 Å². The Morgan fingerprint density at radius 1 is 1.56 bits per heavy atom. The SMILES string of the molecule is O=c1ccn([C@H]2C=C[C@]3(CO)C[C@H]23)c(=O)[nH]1. The average molecular weight is 220 g/mol. The fraction of sp³-hybridized carbons (Fsp3) is 0.455. The second kappa shape index (κ2) is 2.95. The van der Waals surface area contributed by atoms with E-state index in [4.69, 9.17) is 0 Å². The van der Waals surface area contributed by atoms with Crippen LogP contribution in [0.4, 0.5) is 0 Å².